The van der Waals surface area contributed by atoms with Crippen LogP contribution in [0.3, 0.4) is 0 Å². The summed E-state index contributed by atoms with van der Waals surface area (Å²) in [4.78, 5) is 13.5. The minimum atomic E-state index is -3.52. The van der Waals surface area contributed by atoms with E-state index in [0.29, 0.717) is 12.2 Å². The number of nitrogens with zero attached hydrogens (tertiary/aromatic N) is 1. The van der Waals surface area contributed by atoms with E-state index < -0.39 is 10.0 Å². The molecule has 0 heterocycles. The van der Waals surface area contributed by atoms with Crippen molar-refractivity contribution in [2.45, 2.75) is 31.3 Å². The first-order chi connectivity index (χ1) is 12.7. The number of carbonyl (C=O) groups is 1. The zero-order valence-electron chi connectivity index (χ0n) is 16.3. The molecule has 2 rings (SSSR count). The van der Waals surface area contributed by atoms with Gasteiger partial charge in [0.05, 0.1) is 11.9 Å². The van der Waals surface area contributed by atoms with E-state index in [9.17, 15) is 13.2 Å². The molecule has 1 atom stereocenters. The van der Waals surface area contributed by atoms with E-state index in [4.69, 9.17) is 0 Å². The topological polar surface area (TPSA) is 70.9 Å². The number of nitrogens with one attached hydrogen (secondary N) is 2. The molecular formula is C20H28N3O3S+. The second-order valence-corrected chi connectivity index (χ2v) is 8.98. The lowest BCUT2D eigenvalue weighted by molar-refractivity contribution is -0.885. The quantitative estimate of drug-likeness (QED) is 0.715. The van der Waals surface area contributed by atoms with Crippen LogP contribution in [-0.4, -0.2) is 45.3 Å². The van der Waals surface area contributed by atoms with Gasteiger partial charge in [0.1, 0.15) is 6.54 Å². The van der Waals surface area contributed by atoms with E-state index in [0.717, 1.165) is 11.4 Å². The van der Waals surface area contributed by atoms with Gasteiger partial charge in [-0.15, -0.1) is 0 Å². The van der Waals surface area contributed by atoms with Gasteiger partial charge in [-0.3, -0.25) is 4.79 Å². The first-order valence-electron chi connectivity index (χ1n) is 8.93. The van der Waals surface area contributed by atoms with Gasteiger partial charge in [0, 0.05) is 24.3 Å². The monoisotopic (exact) mass is 390 g/mol. The van der Waals surface area contributed by atoms with Gasteiger partial charge in [-0.1, -0.05) is 30.3 Å². The fraction of sp³-hybridized carbons (Fsp3) is 0.350. The summed E-state index contributed by atoms with van der Waals surface area (Å²) in [5, 5.41) is 2.82. The van der Waals surface area contributed by atoms with Crippen molar-refractivity contribution in [2.24, 2.45) is 0 Å². The van der Waals surface area contributed by atoms with Crippen LogP contribution in [0.2, 0.25) is 0 Å². The number of anilines is 1. The Morgan fingerprint density at radius 2 is 1.67 bits per heavy atom. The molecule has 7 heteroatoms. The van der Waals surface area contributed by atoms with Gasteiger partial charge in [0.2, 0.25) is 10.0 Å². The van der Waals surface area contributed by atoms with E-state index >= 15 is 0 Å². The molecule has 0 saturated heterocycles. The number of benzene rings is 2. The van der Waals surface area contributed by atoms with Crippen molar-refractivity contribution in [3.05, 3.63) is 60.2 Å². The van der Waals surface area contributed by atoms with E-state index in [1.165, 1.54) is 22.0 Å². The third-order valence-electron chi connectivity index (χ3n) is 4.35. The molecule has 1 amide bonds. The second kappa shape index (κ2) is 9.12. The number of sulfonamides is 1. The minimum Gasteiger partial charge on any atom is -0.326 e. The molecule has 0 aliphatic carbocycles. The van der Waals surface area contributed by atoms with Gasteiger partial charge in [0.25, 0.3) is 5.91 Å². The number of hydrogen-bond donors (Lipinski definition) is 2. The van der Waals surface area contributed by atoms with Crippen LogP contribution in [0.1, 0.15) is 19.4 Å². The summed E-state index contributed by atoms with van der Waals surface area (Å²) in [6, 6.07) is 16.1. The fourth-order valence-corrected chi connectivity index (χ4v) is 4.01. The molecule has 0 fully saturated rings. The Balaban J connectivity index is 1.95. The highest BCUT2D eigenvalue weighted by Gasteiger charge is 2.23. The van der Waals surface area contributed by atoms with E-state index in [1.54, 1.807) is 19.2 Å². The Kier molecular flexibility index (Phi) is 7.12. The Hall–Kier alpha value is -2.22. The van der Waals surface area contributed by atoms with Crippen LogP contribution in [0.15, 0.2) is 59.5 Å². The lowest BCUT2D eigenvalue weighted by Gasteiger charge is -2.21. The third-order valence-corrected chi connectivity index (χ3v) is 6.40. The Morgan fingerprint density at radius 3 is 2.22 bits per heavy atom. The predicted octanol–water partition coefficient (Wildman–Crippen LogP) is 1.37. The van der Waals surface area contributed by atoms with Crippen LogP contribution in [0.5, 0.6) is 0 Å². The summed E-state index contributed by atoms with van der Waals surface area (Å²) in [5.74, 6) is -0.113. The normalized spacial score (nSPS) is 13.0. The van der Waals surface area contributed by atoms with Crippen LogP contribution in [0, 0.1) is 0 Å². The average molecular weight is 391 g/mol. The van der Waals surface area contributed by atoms with E-state index in [2.05, 4.69) is 5.32 Å². The highest BCUT2D eigenvalue weighted by atomic mass is 32.2. The molecule has 0 saturated carbocycles. The van der Waals surface area contributed by atoms with Crippen molar-refractivity contribution < 1.29 is 18.1 Å². The standard InChI is InChI=1S/C20H27N3O3S/c1-16(2)23(4)27(25,26)19-12-10-18(11-13-19)21-20(24)15-22(3)14-17-8-6-5-7-9-17/h5-13,16H,14-15H2,1-4H3,(H,21,24)/p+1. The van der Waals surface area contributed by atoms with Crippen molar-refractivity contribution >= 4 is 21.6 Å². The summed E-state index contributed by atoms with van der Waals surface area (Å²) < 4.78 is 26.2. The second-order valence-electron chi connectivity index (χ2n) is 6.98. The van der Waals surface area contributed by atoms with Crippen LogP contribution in [-0.2, 0) is 21.4 Å². The lowest BCUT2D eigenvalue weighted by atomic mass is 10.2. The molecule has 2 aromatic carbocycles. The van der Waals surface area contributed by atoms with Gasteiger partial charge in [-0.25, -0.2) is 8.42 Å². The molecule has 2 N–H and O–H groups in total. The van der Waals surface area contributed by atoms with Crippen molar-refractivity contribution in [3.63, 3.8) is 0 Å². The van der Waals surface area contributed by atoms with Gasteiger partial charge >= 0.3 is 0 Å². The summed E-state index contributed by atoms with van der Waals surface area (Å²) in [6.45, 7) is 4.72. The molecule has 0 bridgehead atoms. The maximum Gasteiger partial charge on any atom is 0.279 e. The molecule has 0 aliphatic heterocycles. The maximum atomic E-state index is 12.5. The highest BCUT2D eigenvalue weighted by molar-refractivity contribution is 7.89. The van der Waals surface area contributed by atoms with Crippen LogP contribution >= 0.6 is 0 Å². The molecule has 1 unspecified atom stereocenters. The predicted molar refractivity (Wildman–Crippen MR) is 107 cm³/mol. The Labute approximate surface area is 161 Å². The molecular weight excluding hydrogens is 362 g/mol. The maximum absolute atomic E-state index is 12.5. The summed E-state index contributed by atoms with van der Waals surface area (Å²) >= 11 is 0. The zero-order chi connectivity index (χ0) is 20.0. The van der Waals surface area contributed by atoms with Gasteiger partial charge in [-0.05, 0) is 38.1 Å². The molecule has 0 radical (unpaired) electrons. The van der Waals surface area contributed by atoms with Gasteiger partial charge in [-0.2, -0.15) is 4.31 Å². The van der Waals surface area contributed by atoms with E-state index in [1.807, 2.05) is 51.2 Å². The first kappa shape index (κ1) is 21.1. The number of carbonyl (C=O) groups excluding carboxylic acids is 1. The molecule has 2 aromatic rings. The van der Waals surface area contributed by atoms with Crippen molar-refractivity contribution in [1.82, 2.24) is 4.31 Å². The van der Waals surface area contributed by atoms with Crippen LogP contribution in [0.4, 0.5) is 5.69 Å². The summed E-state index contributed by atoms with van der Waals surface area (Å²) in [7, 11) is -0.00166. The number of quaternary nitrogens is 1. The number of amides is 1. The van der Waals surface area contributed by atoms with Gasteiger partial charge in [0.15, 0.2) is 6.54 Å². The SMILES string of the molecule is CC(C)N(C)S(=O)(=O)c1ccc(NC(=O)C[NH+](C)Cc2ccccc2)cc1. The van der Waals surface area contributed by atoms with Crippen molar-refractivity contribution in [1.29, 1.82) is 0 Å². The highest BCUT2D eigenvalue weighted by Crippen LogP contribution is 2.18. The van der Waals surface area contributed by atoms with Gasteiger partial charge < -0.3 is 10.2 Å². The lowest BCUT2D eigenvalue weighted by Crippen LogP contribution is -3.08. The average Bonchev–Trinajstić information content (AvgIpc) is 2.62. The molecule has 27 heavy (non-hydrogen) atoms. The largest absolute Gasteiger partial charge is 0.326 e. The van der Waals surface area contributed by atoms with Crippen molar-refractivity contribution in [2.75, 3.05) is 26.0 Å². The van der Waals surface area contributed by atoms with Crippen LogP contribution in [0.25, 0.3) is 0 Å². The summed E-state index contributed by atoms with van der Waals surface area (Å²) in [6.07, 6.45) is 0. The number of rotatable bonds is 8. The first-order valence-corrected chi connectivity index (χ1v) is 10.4. The smallest absolute Gasteiger partial charge is 0.279 e. The van der Waals surface area contributed by atoms with E-state index in [-0.39, 0.29) is 16.8 Å². The molecule has 0 aliphatic rings. The number of likely N-dealkylation sites (N-methyl/N-ethyl adjacent to an activating group) is 1. The molecule has 0 spiro atoms. The minimum absolute atomic E-state index is 0.113. The third kappa shape index (κ3) is 5.89. The fourth-order valence-electron chi connectivity index (χ4n) is 2.64. The zero-order valence-corrected chi connectivity index (χ0v) is 17.1. The number of hydrogen-bond acceptors (Lipinski definition) is 3. The summed E-state index contributed by atoms with van der Waals surface area (Å²) in [5.41, 5.74) is 1.75. The molecule has 0 aromatic heterocycles. The molecule has 6 nitrogen and oxygen atoms in total. The Bertz CT molecular complexity index is 850. The van der Waals surface area contributed by atoms with Crippen LogP contribution < -0.4 is 10.2 Å². The molecule has 146 valence electrons. The Morgan fingerprint density at radius 1 is 1.07 bits per heavy atom. The van der Waals surface area contributed by atoms with Crippen molar-refractivity contribution in [3.8, 4) is 0 Å².